The zero-order valence-corrected chi connectivity index (χ0v) is 9.77. The van der Waals surface area contributed by atoms with Gasteiger partial charge in [0.05, 0.1) is 0 Å². The van der Waals surface area contributed by atoms with Gasteiger partial charge in [-0.25, -0.2) is 0 Å². The van der Waals surface area contributed by atoms with Gasteiger partial charge in [-0.05, 0) is 13.8 Å². The van der Waals surface area contributed by atoms with Crippen molar-refractivity contribution in [3.63, 3.8) is 0 Å². The minimum absolute atomic E-state index is 0.190. The van der Waals surface area contributed by atoms with E-state index in [-0.39, 0.29) is 24.8 Å². The second kappa shape index (κ2) is 23.7. The molecule has 0 aliphatic heterocycles. The molecule has 0 unspecified atom stereocenters. The van der Waals surface area contributed by atoms with Gasteiger partial charge in [-0.15, -0.1) is 0 Å². The van der Waals surface area contributed by atoms with E-state index in [4.69, 9.17) is 28.3 Å². The van der Waals surface area contributed by atoms with E-state index < -0.39 is 11.4 Å². The molecular weight excluding hydrogens is 244 g/mol. The summed E-state index contributed by atoms with van der Waals surface area (Å²) in [5.41, 5.74) is 0. The second-order valence-electron chi connectivity index (χ2n) is 1.95. The standard InChI is InChI=1S/2C3H6O2.CH2O.H2O3S/c2*1-3(5)2-4;1-2;1-4(2)3/h2*4H,2H2,1H3;1H2;(H2,1,2,3). The lowest BCUT2D eigenvalue weighted by Gasteiger charge is -1.72. The van der Waals surface area contributed by atoms with Crippen LogP contribution in [0.3, 0.4) is 0 Å². The SMILES string of the molecule is C=O.CC(=O)CO.CC(=O)CO.O=S(O)O. The fourth-order valence-electron chi connectivity index (χ4n) is 0. The Balaban J connectivity index is -0.0000000629. The van der Waals surface area contributed by atoms with Crippen molar-refractivity contribution >= 4 is 29.7 Å². The number of hydrogen-bond donors (Lipinski definition) is 4. The number of carbonyl (C=O) groups excluding carboxylic acids is 3. The summed E-state index contributed by atoms with van der Waals surface area (Å²) in [5, 5.41) is 15.6. The highest BCUT2D eigenvalue weighted by Crippen LogP contribution is 1.56. The van der Waals surface area contributed by atoms with Crippen LogP contribution >= 0.6 is 0 Å². The molecule has 0 rings (SSSR count). The van der Waals surface area contributed by atoms with Gasteiger partial charge in [-0.3, -0.25) is 18.7 Å². The Morgan fingerprint density at radius 3 is 1.06 bits per heavy atom. The molecule has 0 fully saturated rings. The minimum atomic E-state index is -2.61. The van der Waals surface area contributed by atoms with Crippen molar-refractivity contribution in [2.45, 2.75) is 13.8 Å². The van der Waals surface area contributed by atoms with Crippen LogP contribution in [0.5, 0.6) is 0 Å². The monoisotopic (exact) mass is 260 g/mol. The molecule has 0 saturated heterocycles. The highest BCUT2D eigenvalue weighted by molar-refractivity contribution is 7.73. The van der Waals surface area contributed by atoms with Gasteiger partial charge in [0.2, 0.25) is 0 Å². The quantitative estimate of drug-likeness (QED) is 0.444. The van der Waals surface area contributed by atoms with E-state index in [1.54, 1.807) is 0 Å². The van der Waals surface area contributed by atoms with Crippen LogP contribution in [0, 0.1) is 0 Å². The Hall–Kier alpha value is -1.00. The Morgan fingerprint density at radius 2 is 1.06 bits per heavy atom. The predicted octanol–water partition coefficient (Wildman–Crippen LogP) is -1.37. The third-order valence-electron chi connectivity index (χ3n) is 0.445. The first-order valence-corrected chi connectivity index (χ1v) is 4.63. The molecule has 0 spiro atoms. The first-order valence-electron chi connectivity index (χ1n) is 3.57. The van der Waals surface area contributed by atoms with E-state index >= 15 is 0 Å². The fourth-order valence-corrected chi connectivity index (χ4v) is 0. The minimum Gasteiger partial charge on any atom is -0.389 e. The number of Topliss-reactive ketones (excluding diaryl/α,β-unsaturated/α-hetero) is 2. The number of ketones is 2. The van der Waals surface area contributed by atoms with Crippen LogP contribution in [0.1, 0.15) is 13.8 Å². The second-order valence-corrected chi connectivity index (χ2v) is 2.41. The summed E-state index contributed by atoms with van der Waals surface area (Å²) in [4.78, 5) is 27.1. The van der Waals surface area contributed by atoms with Crippen molar-refractivity contribution in [3.05, 3.63) is 0 Å². The molecule has 0 aromatic heterocycles. The summed E-state index contributed by atoms with van der Waals surface area (Å²) < 4.78 is 22.8. The Bertz CT molecular complexity index is 175. The van der Waals surface area contributed by atoms with Crippen LogP contribution in [-0.4, -0.2) is 55.1 Å². The molecule has 0 aromatic carbocycles. The van der Waals surface area contributed by atoms with Crippen molar-refractivity contribution < 1.29 is 37.9 Å². The van der Waals surface area contributed by atoms with Crippen LogP contribution < -0.4 is 0 Å². The Kier molecular flexibility index (Phi) is 35.9. The van der Waals surface area contributed by atoms with Crippen LogP contribution in [-0.2, 0) is 25.7 Å². The van der Waals surface area contributed by atoms with Gasteiger partial charge < -0.3 is 15.0 Å². The van der Waals surface area contributed by atoms with Crippen LogP contribution in [0.2, 0.25) is 0 Å². The number of aliphatic hydroxyl groups excluding tert-OH is 2. The molecule has 0 amide bonds. The van der Waals surface area contributed by atoms with Gasteiger partial charge in [-0.1, -0.05) is 0 Å². The smallest absolute Gasteiger partial charge is 0.299 e. The van der Waals surface area contributed by atoms with E-state index in [2.05, 4.69) is 0 Å². The zero-order chi connectivity index (χ0) is 14.1. The average molecular weight is 260 g/mol. The molecule has 98 valence electrons. The third-order valence-corrected chi connectivity index (χ3v) is 0.445. The highest BCUT2D eigenvalue weighted by Gasteiger charge is 1.78. The topological polar surface area (TPSA) is 149 Å². The van der Waals surface area contributed by atoms with Crippen molar-refractivity contribution in [1.82, 2.24) is 0 Å². The zero-order valence-electron chi connectivity index (χ0n) is 8.95. The lowest BCUT2D eigenvalue weighted by molar-refractivity contribution is -0.120. The summed E-state index contributed by atoms with van der Waals surface area (Å²) in [6.45, 7) is 4.00. The summed E-state index contributed by atoms with van der Waals surface area (Å²) in [5.74, 6) is -0.380. The highest BCUT2D eigenvalue weighted by atomic mass is 32.2. The molecule has 16 heavy (non-hydrogen) atoms. The van der Waals surface area contributed by atoms with Crippen LogP contribution in [0.25, 0.3) is 0 Å². The summed E-state index contributed by atoms with van der Waals surface area (Å²) in [6, 6.07) is 0. The maximum atomic E-state index is 9.56. The summed E-state index contributed by atoms with van der Waals surface area (Å²) >= 11 is -2.61. The normalized spacial score (nSPS) is 7.19. The van der Waals surface area contributed by atoms with Gasteiger partial charge >= 0.3 is 0 Å². The average Bonchev–Trinajstić information content (AvgIpc) is 2.20. The summed E-state index contributed by atoms with van der Waals surface area (Å²) in [7, 11) is 0. The third kappa shape index (κ3) is 208. The molecule has 0 aromatic rings. The van der Waals surface area contributed by atoms with Crippen molar-refractivity contribution in [1.29, 1.82) is 0 Å². The molecular formula is C7H16O8S. The van der Waals surface area contributed by atoms with E-state index in [9.17, 15) is 9.59 Å². The van der Waals surface area contributed by atoms with E-state index in [1.807, 2.05) is 6.79 Å². The molecule has 9 heteroatoms. The van der Waals surface area contributed by atoms with Crippen molar-refractivity contribution in [3.8, 4) is 0 Å². The number of aliphatic hydroxyl groups is 2. The molecule has 0 atom stereocenters. The fraction of sp³-hybridized carbons (Fsp3) is 0.571. The number of hydrogen-bond acceptors (Lipinski definition) is 6. The molecule has 0 aliphatic rings. The van der Waals surface area contributed by atoms with Crippen molar-refractivity contribution in [2.75, 3.05) is 13.2 Å². The number of rotatable bonds is 2. The predicted molar refractivity (Wildman–Crippen MR) is 56.1 cm³/mol. The van der Waals surface area contributed by atoms with Crippen LogP contribution in [0.15, 0.2) is 0 Å². The maximum Gasteiger partial charge on any atom is 0.299 e. The molecule has 0 aliphatic carbocycles. The number of carbonyl (C=O) groups is 3. The largest absolute Gasteiger partial charge is 0.389 e. The first-order chi connectivity index (χ1) is 7.27. The van der Waals surface area contributed by atoms with Crippen LogP contribution in [0.4, 0.5) is 0 Å². The van der Waals surface area contributed by atoms with Gasteiger partial charge in [0.15, 0.2) is 11.6 Å². The van der Waals surface area contributed by atoms with Gasteiger partial charge in [0.25, 0.3) is 11.4 Å². The van der Waals surface area contributed by atoms with E-state index in [0.717, 1.165) is 0 Å². The van der Waals surface area contributed by atoms with E-state index in [0.29, 0.717) is 0 Å². The lowest BCUT2D eigenvalue weighted by atomic mass is 10.5. The van der Waals surface area contributed by atoms with E-state index in [1.165, 1.54) is 13.8 Å². The molecule has 4 N–H and O–H groups in total. The summed E-state index contributed by atoms with van der Waals surface area (Å²) in [6.07, 6.45) is 0. The first kappa shape index (κ1) is 24.3. The van der Waals surface area contributed by atoms with Gasteiger partial charge in [-0.2, -0.15) is 4.21 Å². The van der Waals surface area contributed by atoms with Crippen molar-refractivity contribution in [2.24, 2.45) is 0 Å². The lowest BCUT2D eigenvalue weighted by Crippen LogP contribution is -1.93. The molecule has 0 saturated carbocycles. The Morgan fingerprint density at radius 1 is 1.00 bits per heavy atom. The Labute approximate surface area is 95.4 Å². The molecule has 0 bridgehead atoms. The maximum absolute atomic E-state index is 9.56. The molecule has 8 nitrogen and oxygen atoms in total. The molecule has 0 heterocycles. The molecule has 0 radical (unpaired) electrons. The van der Waals surface area contributed by atoms with Gasteiger partial charge in [0.1, 0.15) is 20.0 Å². The van der Waals surface area contributed by atoms with Gasteiger partial charge in [0, 0.05) is 0 Å².